The van der Waals surface area contributed by atoms with E-state index >= 15 is 0 Å². The summed E-state index contributed by atoms with van der Waals surface area (Å²) in [5.74, 6) is -0.257. The minimum absolute atomic E-state index is 0.00835. The highest BCUT2D eigenvalue weighted by Crippen LogP contribution is 2.25. The van der Waals surface area contributed by atoms with Crippen LogP contribution in [0.2, 0.25) is 0 Å². The van der Waals surface area contributed by atoms with Crippen LogP contribution in [0.3, 0.4) is 0 Å². The van der Waals surface area contributed by atoms with Crippen LogP contribution in [0.4, 0.5) is 0 Å². The first kappa shape index (κ1) is 16.4. The monoisotopic (exact) mass is 295 g/mol. The minimum atomic E-state index is -0.714. The molecule has 0 saturated carbocycles. The Balaban J connectivity index is 1.91. The fourth-order valence-electron chi connectivity index (χ4n) is 2.55. The summed E-state index contributed by atoms with van der Waals surface area (Å²) >= 11 is 0. The van der Waals surface area contributed by atoms with Crippen molar-refractivity contribution in [2.45, 2.75) is 25.7 Å². The summed E-state index contributed by atoms with van der Waals surface area (Å²) < 4.78 is 5.29. The van der Waals surface area contributed by atoms with E-state index in [0.717, 1.165) is 24.2 Å². The quantitative estimate of drug-likeness (QED) is 0.714. The van der Waals surface area contributed by atoms with E-state index in [2.05, 4.69) is 4.90 Å². The van der Waals surface area contributed by atoms with E-state index in [-0.39, 0.29) is 12.5 Å². The second-order valence-corrected chi connectivity index (χ2v) is 5.68. The number of aliphatic hydroxyl groups is 3. The molecule has 0 amide bonds. The zero-order valence-electron chi connectivity index (χ0n) is 12.5. The average molecular weight is 295 g/mol. The zero-order valence-corrected chi connectivity index (χ0v) is 12.5. The summed E-state index contributed by atoms with van der Waals surface area (Å²) in [7, 11) is 0. The van der Waals surface area contributed by atoms with Crippen molar-refractivity contribution in [3.8, 4) is 0 Å². The van der Waals surface area contributed by atoms with E-state index in [1.807, 2.05) is 6.92 Å². The molecule has 0 unspecified atom stereocenters. The molecule has 118 valence electrons. The van der Waals surface area contributed by atoms with Crippen LogP contribution in [0.15, 0.2) is 24.3 Å². The van der Waals surface area contributed by atoms with Gasteiger partial charge in [-0.3, -0.25) is 4.90 Å². The fourth-order valence-corrected chi connectivity index (χ4v) is 2.55. The molecule has 0 spiro atoms. The lowest BCUT2D eigenvalue weighted by molar-refractivity contribution is -0.0239. The topological polar surface area (TPSA) is 73.2 Å². The molecule has 3 N–H and O–H groups in total. The lowest BCUT2D eigenvalue weighted by Gasteiger charge is -2.32. The number of aliphatic hydroxyl groups excluding tert-OH is 3. The molecule has 0 aromatic heterocycles. The Hall–Kier alpha value is -0.980. The van der Waals surface area contributed by atoms with Gasteiger partial charge in [0, 0.05) is 25.6 Å². The van der Waals surface area contributed by atoms with Gasteiger partial charge in [-0.15, -0.1) is 0 Å². The van der Waals surface area contributed by atoms with Crippen molar-refractivity contribution in [1.82, 2.24) is 4.90 Å². The van der Waals surface area contributed by atoms with Crippen molar-refractivity contribution in [2.75, 3.05) is 32.8 Å². The number of benzene rings is 1. The smallest absolute Gasteiger partial charge is 0.0840 e. The number of β-amino-alcohol motifs (C(OH)–C–C–N with tert-alkyl or cyclic N) is 1. The van der Waals surface area contributed by atoms with E-state index in [9.17, 15) is 10.2 Å². The Morgan fingerprint density at radius 1 is 1.14 bits per heavy atom. The van der Waals surface area contributed by atoms with Gasteiger partial charge >= 0.3 is 0 Å². The minimum Gasteiger partial charge on any atom is -0.392 e. The lowest BCUT2D eigenvalue weighted by atomic mass is 9.91. The summed E-state index contributed by atoms with van der Waals surface area (Å²) in [6.45, 7) is 5.45. The van der Waals surface area contributed by atoms with Gasteiger partial charge in [-0.2, -0.15) is 0 Å². The fraction of sp³-hybridized carbons (Fsp3) is 0.625. The number of hydrogen-bond acceptors (Lipinski definition) is 5. The number of rotatable bonds is 6. The largest absolute Gasteiger partial charge is 0.392 e. The van der Waals surface area contributed by atoms with Gasteiger partial charge in [0.25, 0.3) is 0 Å². The molecule has 3 atom stereocenters. The average Bonchev–Trinajstić information content (AvgIpc) is 2.54. The second kappa shape index (κ2) is 7.87. The van der Waals surface area contributed by atoms with Crippen molar-refractivity contribution >= 4 is 0 Å². The molecular formula is C16H25NO4. The first-order valence-corrected chi connectivity index (χ1v) is 7.47. The third-order valence-electron chi connectivity index (χ3n) is 4.16. The highest BCUT2D eigenvalue weighted by molar-refractivity contribution is 5.24. The molecule has 21 heavy (non-hydrogen) atoms. The van der Waals surface area contributed by atoms with Crippen LogP contribution in [0, 0.1) is 5.92 Å². The van der Waals surface area contributed by atoms with Gasteiger partial charge in [-0.25, -0.2) is 0 Å². The Morgan fingerprint density at radius 3 is 2.33 bits per heavy atom. The summed E-state index contributed by atoms with van der Waals surface area (Å²) in [6.07, 6.45) is -1.30. The van der Waals surface area contributed by atoms with Gasteiger partial charge in [-0.05, 0) is 11.1 Å². The van der Waals surface area contributed by atoms with Gasteiger partial charge in [0.2, 0.25) is 0 Å². The van der Waals surface area contributed by atoms with Crippen LogP contribution < -0.4 is 0 Å². The summed E-state index contributed by atoms with van der Waals surface area (Å²) in [5, 5.41) is 29.7. The molecule has 0 aliphatic carbocycles. The highest BCUT2D eigenvalue weighted by atomic mass is 16.5. The van der Waals surface area contributed by atoms with Gasteiger partial charge in [-0.1, -0.05) is 31.2 Å². The molecule has 1 saturated heterocycles. The van der Waals surface area contributed by atoms with Crippen molar-refractivity contribution < 1.29 is 20.1 Å². The van der Waals surface area contributed by atoms with E-state index in [1.54, 1.807) is 24.3 Å². The number of morpholine rings is 1. The number of ether oxygens (including phenoxy) is 1. The van der Waals surface area contributed by atoms with Crippen LogP contribution in [0.25, 0.3) is 0 Å². The van der Waals surface area contributed by atoms with Gasteiger partial charge in [0.1, 0.15) is 0 Å². The summed E-state index contributed by atoms with van der Waals surface area (Å²) in [6, 6.07) is 7.18. The normalized spacial score (nSPS) is 21.0. The van der Waals surface area contributed by atoms with Crippen LogP contribution in [-0.2, 0) is 11.3 Å². The number of nitrogens with zero attached hydrogens (tertiary/aromatic N) is 1. The SMILES string of the molecule is C[C@@H]([C@H](O)c1ccc(CO)cc1)[C@@H](O)CN1CCOCC1. The molecular weight excluding hydrogens is 270 g/mol. The van der Waals surface area contributed by atoms with Crippen molar-refractivity contribution in [3.63, 3.8) is 0 Å². The van der Waals surface area contributed by atoms with E-state index in [4.69, 9.17) is 9.84 Å². The predicted octanol–water partition coefficient (Wildman–Crippen LogP) is 0.541. The van der Waals surface area contributed by atoms with E-state index in [1.165, 1.54) is 0 Å². The van der Waals surface area contributed by atoms with Crippen LogP contribution in [0.1, 0.15) is 24.2 Å². The van der Waals surface area contributed by atoms with Gasteiger partial charge in [0.05, 0.1) is 32.0 Å². The molecule has 1 fully saturated rings. The molecule has 1 aromatic rings. The number of hydrogen-bond donors (Lipinski definition) is 3. The van der Waals surface area contributed by atoms with Crippen LogP contribution in [-0.4, -0.2) is 59.2 Å². The molecule has 1 aliphatic rings. The maximum absolute atomic E-state index is 10.4. The van der Waals surface area contributed by atoms with Gasteiger partial charge in [0.15, 0.2) is 0 Å². The molecule has 5 nitrogen and oxygen atoms in total. The molecule has 5 heteroatoms. The van der Waals surface area contributed by atoms with E-state index in [0.29, 0.717) is 19.8 Å². The third-order valence-corrected chi connectivity index (χ3v) is 4.16. The molecule has 1 aromatic carbocycles. The molecule has 2 rings (SSSR count). The first-order chi connectivity index (χ1) is 10.1. The second-order valence-electron chi connectivity index (χ2n) is 5.68. The highest BCUT2D eigenvalue weighted by Gasteiger charge is 2.26. The van der Waals surface area contributed by atoms with Crippen molar-refractivity contribution in [3.05, 3.63) is 35.4 Å². The summed E-state index contributed by atoms with van der Waals surface area (Å²) in [5.41, 5.74) is 1.58. The van der Waals surface area contributed by atoms with Gasteiger partial charge < -0.3 is 20.1 Å². The lowest BCUT2D eigenvalue weighted by Crippen LogP contribution is -2.43. The standard InChI is InChI=1S/C16H25NO4/c1-12(15(19)10-17-6-8-21-9-7-17)16(20)14-4-2-13(11-18)3-5-14/h2-5,12,15-16,18-20H,6-11H2,1H3/t12-,15+,16+/m1/s1. The summed E-state index contributed by atoms with van der Waals surface area (Å²) in [4.78, 5) is 2.16. The first-order valence-electron chi connectivity index (χ1n) is 7.47. The van der Waals surface area contributed by atoms with Crippen LogP contribution in [0.5, 0.6) is 0 Å². The molecule has 1 aliphatic heterocycles. The van der Waals surface area contributed by atoms with Crippen molar-refractivity contribution in [1.29, 1.82) is 0 Å². The Morgan fingerprint density at radius 2 is 1.76 bits per heavy atom. The maximum Gasteiger partial charge on any atom is 0.0840 e. The maximum atomic E-state index is 10.4. The zero-order chi connectivity index (χ0) is 15.2. The molecule has 1 heterocycles. The Bertz CT molecular complexity index is 417. The van der Waals surface area contributed by atoms with E-state index < -0.39 is 12.2 Å². The van der Waals surface area contributed by atoms with Crippen molar-refractivity contribution in [2.24, 2.45) is 5.92 Å². The Kier molecular flexibility index (Phi) is 6.14. The Labute approximate surface area is 125 Å². The molecule has 0 bridgehead atoms. The predicted molar refractivity (Wildman–Crippen MR) is 79.8 cm³/mol. The third kappa shape index (κ3) is 4.49. The molecule has 0 radical (unpaired) electrons. The van der Waals surface area contributed by atoms with Crippen LogP contribution >= 0.6 is 0 Å².